The van der Waals surface area contributed by atoms with E-state index < -0.39 is 23.3 Å². The van der Waals surface area contributed by atoms with Gasteiger partial charge in [0.1, 0.15) is 11.5 Å². The zero-order valence-corrected chi connectivity index (χ0v) is 15.7. The monoisotopic (exact) mass is 407 g/mol. The van der Waals surface area contributed by atoms with Crippen LogP contribution in [-0.2, 0) is 4.79 Å². The Morgan fingerprint density at radius 2 is 1.87 bits per heavy atom. The molecule has 0 saturated heterocycles. The van der Waals surface area contributed by atoms with Gasteiger partial charge in [0.05, 0.1) is 5.39 Å². The van der Waals surface area contributed by atoms with E-state index in [0.717, 1.165) is 0 Å². The highest BCUT2D eigenvalue weighted by Gasteiger charge is 2.29. The number of para-hydroxylation sites is 1. The van der Waals surface area contributed by atoms with Crippen LogP contribution in [0.5, 0.6) is 17.2 Å². The molecule has 0 unspecified atom stereocenters. The van der Waals surface area contributed by atoms with Crippen LogP contribution in [0.2, 0.25) is 0 Å². The topological polar surface area (TPSA) is 147 Å². The van der Waals surface area contributed by atoms with Gasteiger partial charge in [0.25, 0.3) is 0 Å². The third-order valence-electron chi connectivity index (χ3n) is 4.28. The number of nitrogens with zero attached hydrogens (tertiary/aromatic N) is 2. The number of carboxylic acid groups (broad SMARTS) is 1. The van der Waals surface area contributed by atoms with Crippen molar-refractivity contribution in [2.24, 2.45) is 0 Å². The molecule has 3 aromatic rings. The Labute approximate surface area is 171 Å². The molecule has 1 aromatic heterocycles. The van der Waals surface area contributed by atoms with E-state index in [9.17, 15) is 25.2 Å². The zero-order chi connectivity index (χ0) is 21.7. The Hall–Kier alpha value is -4.32. The molecule has 0 aliphatic rings. The first kappa shape index (κ1) is 20.4. The Morgan fingerprint density at radius 3 is 2.53 bits per heavy atom. The first-order valence-electron chi connectivity index (χ1n) is 8.97. The SMILES string of the molecule is N#Cc1c2cc(Oc3ccccc3)ccc2c(O)c(C(=O)NCCCC(=O)O)[n+]1[O-]. The molecule has 1 heterocycles. The van der Waals surface area contributed by atoms with Gasteiger partial charge < -0.3 is 25.5 Å². The highest BCUT2D eigenvalue weighted by atomic mass is 16.5. The maximum absolute atomic E-state index is 12.6. The van der Waals surface area contributed by atoms with Crippen molar-refractivity contribution in [3.63, 3.8) is 0 Å². The molecule has 3 rings (SSSR count). The average Bonchev–Trinajstić information content (AvgIpc) is 2.72. The summed E-state index contributed by atoms with van der Waals surface area (Å²) in [6.45, 7) is -0.00560. The van der Waals surface area contributed by atoms with Gasteiger partial charge in [-0.05, 0) is 36.8 Å². The van der Waals surface area contributed by atoms with Gasteiger partial charge in [0, 0.05) is 18.4 Å². The minimum Gasteiger partial charge on any atom is -0.617 e. The van der Waals surface area contributed by atoms with Crippen LogP contribution in [0.4, 0.5) is 0 Å². The van der Waals surface area contributed by atoms with E-state index in [4.69, 9.17) is 9.84 Å². The summed E-state index contributed by atoms with van der Waals surface area (Å²) in [4.78, 5) is 22.9. The van der Waals surface area contributed by atoms with Gasteiger partial charge in [-0.3, -0.25) is 9.59 Å². The predicted octanol–water partition coefficient (Wildman–Crippen LogP) is 2.44. The highest BCUT2D eigenvalue weighted by molar-refractivity contribution is 6.01. The minimum atomic E-state index is -1.02. The van der Waals surface area contributed by atoms with Crippen molar-refractivity contribution in [2.45, 2.75) is 12.8 Å². The molecule has 0 radical (unpaired) electrons. The van der Waals surface area contributed by atoms with Crippen LogP contribution < -0.4 is 14.8 Å². The molecular formula is C21H17N3O6. The Morgan fingerprint density at radius 1 is 1.13 bits per heavy atom. The van der Waals surface area contributed by atoms with Gasteiger partial charge in [0.15, 0.2) is 6.07 Å². The molecule has 9 nitrogen and oxygen atoms in total. The molecule has 2 aromatic carbocycles. The second-order valence-corrected chi connectivity index (χ2v) is 6.33. The van der Waals surface area contributed by atoms with Crippen LogP contribution in [0.25, 0.3) is 10.8 Å². The molecule has 0 spiro atoms. The molecular weight excluding hydrogens is 390 g/mol. The number of nitriles is 1. The zero-order valence-electron chi connectivity index (χ0n) is 15.7. The number of rotatable bonds is 7. The predicted molar refractivity (Wildman–Crippen MR) is 105 cm³/mol. The van der Waals surface area contributed by atoms with Crippen molar-refractivity contribution < 1.29 is 29.3 Å². The van der Waals surface area contributed by atoms with Crippen LogP contribution in [0.1, 0.15) is 29.0 Å². The molecule has 152 valence electrons. The number of carbonyl (C=O) groups excluding carboxylic acids is 1. The lowest BCUT2D eigenvalue weighted by Crippen LogP contribution is -2.42. The summed E-state index contributed by atoms with van der Waals surface area (Å²) in [5.41, 5.74) is -1.01. The fourth-order valence-corrected chi connectivity index (χ4v) is 2.89. The van der Waals surface area contributed by atoms with Gasteiger partial charge in [-0.2, -0.15) is 5.26 Å². The van der Waals surface area contributed by atoms with E-state index in [1.54, 1.807) is 36.4 Å². The molecule has 0 aliphatic heterocycles. The quantitative estimate of drug-likeness (QED) is 0.310. The van der Waals surface area contributed by atoms with Crippen molar-refractivity contribution in [1.82, 2.24) is 5.32 Å². The van der Waals surface area contributed by atoms with Crippen molar-refractivity contribution in [1.29, 1.82) is 5.26 Å². The summed E-state index contributed by atoms with van der Waals surface area (Å²) >= 11 is 0. The number of hydrogen-bond acceptors (Lipinski definition) is 6. The molecule has 0 bridgehead atoms. The van der Waals surface area contributed by atoms with Crippen molar-refractivity contribution in [2.75, 3.05) is 6.54 Å². The fraction of sp³-hybridized carbons (Fsp3) is 0.143. The summed E-state index contributed by atoms with van der Waals surface area (Å²) in [6.07, 6.45) is -0.00540. The van der Waals surface area contributed by atoms with E-state index in [1.807, 2.05) is 6.07 Å². The molecule has 1 amide bonds. The number of benzene rings is 2. The Kier molecular flexibility index (Phi) is 5.98. The number of fused-ring (bicyclic) bond motifs is 1. The Balaban J connectivity index is 1.97. The number of aromatic hydroxyl groups is 1. The average molecular weight is 407 g/mol. The smallest absolute Gasteiger partial charge is 0.325 e. The van der Waals surface area contributed by atoms with E-state index in [1.165, 1.54) is 12.1 Å². The number of aliphatic carboxylic acids is 1. The van der Waals surface area contributed by atoms with Gasteiger partial charge in [-0.1, -0.05) is 18.2 Å². The first-order valence-corrected chi connectivity index (χ1v) is 8.97. The number of carboxylic acids is 1. The highest BCUT2D eigenvalue weighted by Crippen LogP contribution is 2.32. The first-order chi connectivity index (χ1) is 14.4. The minimum absolute atomic E-state index is 0.00560. The van der Waals surface area contributed by atoms with E-state index in [-0.39, 0.29) is 40.6 Å². The maximum Gasteiger partial charge on any atom is 0.325 e. The van der Waals surface area contributed by atoms with Crippen LogP contribution in [0.15, 0.2) is 48.5 Å². The lowest BCUT2D eigenvalue weighted by Gasteiger charge is -2.12. The molecule has 0 aliphatic carbocycles. The fourth-order valence-electron chi connectivity index (χ4n) is 2.89. The van der Waals surface area contributed by atoms with Crippen molar-refractivity contribution in [3.05, 3.63) is 65.1 Å². The number of carbonyl (C=O) groups is 2. The van der Waals surface area contributed by atoms with Crippen LogP contribution in [-0.4, -0.2) is 28.6 Å². The van der Waals surface area contributed by atoms with Crippen LogP contribution in [0, 0.1) is 16.5 Å². The molecule has 0 atom stereocenters. The molecule has 0 fully saturated rings. The summed E-state index contributed by atoms with van der Waals surface area (Å²) in [5.74, 6) is -1.61. The van der Waals surface area contributed by atoms with Gasteiger partial charge in [-0.15, -0.1) is 4.73 Å². The van der Waals surface area contributed by atoms with Gasteiger partial charge in [-0.25, -0.2) is 0 Å². The van der Waals surface area contributed by atoms with Crippen molar-refractivity contribution >= 4 is 22.6 Å². The number of aromatic nitrogens is 1. The van der Waals surface area contributed by atoms with E-state index in [2.05, 4.69) is 5.32 Å². The molecule has 3 N–H and O–H groups in total. The molecule has 0 saturated carbocycles. The van der Waals surface area contributed by atoms with Gasteiger partial charge >= 0.3 is 23.3 Å². The third-order valence-corrected chi connectivity index (χ3v) is 4.28. The third kappa shape index (κ3) is 4.23. The summed E-state index contributed by atoms with van der Waals surface area (Å²) < 4.78 is 5.76. The van der Waals surface area contributed by atoms with Crippen LogP contribution in [0.3, 0.4) is 0 Å². The Bertz CT molecular complexity index is 1160. The second kappa shape index (κ2) is 8.79. The summed E-state index contributed by atoms with van der Waals surface area (Å²) in [5, 5.41) is 43.9. The molecule has 30 heavy (non-hydrogen) atoms. The van der Waals surface area contributed by atoms with E-state index in [0.29, 0.717) is 11.5 Å². The van der Waals surface area contributed by atoms with Gasteiger partial charge in [0.2, 0.25) is 5.75 Å². The standard InChI is InChI=1S/C21H17N3O6/c22-12-17-16-11-14(30-13-5-2-1-3-6-13)8-9-15(16)20(27)19(24(17)29)21(28)23-10-4-7-18(25)26/h1-3,5-6,8-9,11,27H,4,7,10H2,(H,23,28)(H,25,26). The van der Waals surface area contributed by atoms with Crippen LogP contribution >= 0.6 is 0 Å². The van der Waals surface area contributed by atoms with Crippen molar-refractivity contribution in [3.8, 4) is 23.3 Å². The summed E-state index contributed by atoms with van der Waals surface area (Å²) in [6, 6.07) is 15.1. The number of nitrogens with one attached hydrogen (secondary N) is 1. The summed E-state index contributed by atoms with van der Waals surface area (Å²) in [7, 11) is 0. The number of ether oxygens (including phenoxy) is 1. The molecule has 9 heteroatoms. The largest absolute Gasteiger partial charge is 0.617 e. The normalized spacial score (nSPS) is 10.4. The van der Waals surface area contributed by atoms with E-state index >= 15 is 0 Å². The number of pyridine rings is 1. The number of hydrogen-bond donors (Lipinski definition) is 3. The lowest BCUT2D eigenvalue weighted by atomic mass is 10.1. The second-order valence-electron chi connectivity index (χ2n) is 6.33. The maximum atomic E-state index is 12.6. The number of amides is 1. The lowest BCUT2D eigenvalue weighted by molar-refractivity contribution is -0.609.